The predicted molar refractivity (Wildman–Crippen MR) is 90.8 cm³/mol. The van der Waals surface area contributed by atoms with Crippen molar-refractivity contribution in [2.45, 2.75) is 57.4 Å². The molecule has 1 atom stereocenters. The first-order valence-electron chi connectivity index (χ1n) is 9.10. The first-order valence-corrected chi connectivity index (χ1v) is 9.10. The van der Waals surface area contributed by atoms with Crippen molar-refractivity contribution in [3.8, 4) is 0 Å². The number of rotatable bonds is 2. The maximum atomic E-state index is 12.6. The van der Waals surface area contributed by atoms with Crippen molar-refractivity contribution in [3.05, 3.63) is 34.9 Å². The Morgan fingerprint density at radius 3 is 2.75 bits per heavy atom. The zero-order chi connectivity index (χ0) is 16.7. The van der Waals surface area contributed by atoms with Crippen molar-refractivity contribution in [2.24, 2.45) is 5.41 Å². The van der Waals surface area contributed by atoms with Gasteiger partial charge in [-0.15, -0.1) is 0 Å². The lowest BCUT2D eigenvalue weighted by Crippen LogP contribution is -2.37. The molecule has 1 heterocycles. The third-order valence-corrected chi connectivity index (χ3v) is 6.24. The van der Waals surface area contributed by atoms with Crippen molar-refractivity contribution < 1.29 is 14.3 Å². The molecule has 0 aromatic heterocycles. The predicted octanol–water partition coefficient (Wildman–Crippen LogP) is 3.12. The van der Waals surface area contributed by atoms with Crippen LogP contribution in [0.1, 0.15) is 60.0 Å². The highest BCUT2D eigenvalue weighted by Crippen LogP contribution is 2.45. The number of fused-ring (bicyclic) bond motifs is 1. The number of aryl methyl sites for hydroxylation is 1. The Bertz CT molecular complexity index is 677. The molecule has 1 aliphatic heterocycles. The summed E-state index contributed by atoms with van der Waals surface area (Å²) >= 11 is 0. The number of amides is 1. The van der Waals surface area contributed by atoms with Crippen LogP contribution >= 0.6 is 0 Å². The second kappa shape index (κ2) is 5.91. The van der Waals surface area contributed by atoms with Crippen LogP contribution in [0.15, 0.2) is 18.2 Å². The largest absolute Gasteiger partial charge is 0.465 e. The van der Waals surface area contributed by atoms with Gasteiger partial charge in [0.15, 0.2) is 0 Å². The number of nitrogens with zero attached hydrogens (tertiary/aromatic N) is 1. The second-order valence-electron chi connectivity index (χ2n) is 7.79. The summed E-state index contributed by atoms with van der Waals surface area (Å²) in [6.45, 7) is 0.901. The first-order chi connectivity index (χ1) is 11.6. The third kappa shape index (κ3) is 2.62. The fourth-order valence-electron chi connectivity index (χ4n) is 4.93. The zero-order valence-corrected chi connectivity index (χ0v) is 14.3. The molecule has 4 nitrogen and oxygen atoms in total. The molecule has 24 heavy (non-hydrogen) atoms. The number of esters is 1. The quantitative estimate of drug-likeness (QED) is 0.784. The minimum absolute atomic E-state index is 0.0708. The summed E-state index contributed by atoms with van der Waals surface area (Å²) in [5.41, 5.74) is 3.23. The molecule has 4 heteroatoms. The van der Waals surface area contributed by atoms with Crippen molar-refractivity contribution in [3.63, 3.8) is 0 Å². The minimum atomic E-state index is -0.285. The van der Waals surface area contributed by atoms with E-state index < -0.39 is 0 Å². The summed E-state index contributed by atoms with van der Waals surface area (Å²) < 4.78 is 4.84. The molecule has 2 aliphatic carbocycles. The standard InChI is InChI=1S/C20H25NO3/c1-24-19(23)15-7-6-14-8-9-20(11-16(14)10-15)12-18(22)21(13-20)17-4-2-3-5-17/h6-7,10,17H,2-5,8-9,11-13H2,1H3/t20-/m1/s1. The summed E-state index contributed by atoms with van der Waals surface area (Å²) in [5, 5.41) is 0. The molecular weight excluding hydrogens is 302 g/mol. The molecule has 1 saturated carbocycles. The fourth-order valence-corrected chi connectivity index (χ4v) is 4.93. The van der Waals surface area contributed by atoms with Crippen LogP contribution in [0.2, 0.25) is 0 Å². The van der Waals surface area contributed by atoms with Crippen LogP contribution in [-0.2, 0) is 22.4 Å². The number of hydrogen-bond acceptors (Lipinski definition) is 3. The molecule has 3 aliphatic rings. The van der Waals surface area contributed by atoms with Gasteiger partial charge >= 0.3 is 5.97 Å². The lowest BCUT2D eigenvalue weighted by molar-refractivity contribution is -0.129. The molecule has 0 N–H and O–H groups in total. The van der Waals surface area contributed by atoms with E-state index in [4.69, 9.17) is 4.74 Å². The molecule has 1 saturated heterocycles. The van der Waals surface area contributed by atoms with Gasteiger partial charge in [0.1, 0.15) is 0 Å². The fraction of sp³-hybridized carbons (Fsp3) is 0.600. The van der Waals surface area contributed by atoms with Crippen LogP contribution in [0.5, 0.6) is 0 Å². The van der Waals surface area contributed by atoms with Gasteiger partial charge in [0.2, 0.25) is 5.91 Å². The van der Waals surface area contributed by atoms with Gasteiger partial charge in [-0.05, 0) is 55.4 Å². The average molecular weight is 327 g/mol. The lowest BCUT2D eigenvalue weighted by atomic mass is 9.70. The summed E-state index contributed by atoms with van der Waals surface area (Å²) in [4.78, 5) is 26.6. The van der Waals surface area contributed by atoms with Crippen LogP contribution < -0.4 is 0 Å². The molecule has 4 rings (SSSR count). The molecule has 128 valence electrons. The smallest absolute Gasteiger partial charge is 0.337 e. The third-order valence-electron chi connectivity index (χ3n) is 6.24. The molecular formula is C20H25NO3. The molecule has 1 amide bonds. The molecule has 0 unspecified atom stereocenters. The monoisotopic (exact) mass is 327 g/mol. The highest BCUT2D eigenvalue weighted by Gasteiger charge is 2.47. The molecule has 0 bridgehead atoms. The molecule has 0 radical (unpaired) electrons. The SMILES string of the molecule is COC(=O)c1ccc2c(c1)C[C@]1(CC2)CC(=O)N(C2CCCC2)C1. The number of hydrogen-bond donors (Lipinski definition) is 0. The number of carbonyl (C=O) groups excluding carboxylic acids is 2. The number of benzene rings is 1. The van der Waals surface area contributed by atoms with E-state index in [0.717, 1.165) is 25.8 Å². The second-order valence-corrected chi connectivity index (χ2v) is 7.79. The minimum Gasteiger partial charge on any atom is -0.465 e. The van der Waals surface area contributed by atoms with E-state index >= 15 is 0 Å². The molecule has 1 spiro atoms. The van der Waals surface area contributed by atoms with E-state index in [-0.39, 0.29) is 11.4 Å². The summed E-state index contributed by atoms with van der Waals surface area (Å²) in [7, 11) is 1.42. The van der Waals surface area contributed by atoms with E-state index in [1.165, 1.54) is 43.9 Å². The Hall–Kier alpha value is -1.84. The molecule has 1 aromatic rings. The van der Waals surface area contributed by atoms with Gasteiger partial charge in [-0.25, -0.2) is 4.79 Å². The maximum absolute atomic E-state index is 12.6. The van der Waals surface area contributed by atoms with Crippen molar-refractivity contribution >= 4 is 11.9 Å². The van der Waals surface area contributed by atoms with Gasteiger partial charge in [-0.1, -0.05) is 18.9 Å². The Kier molecular flexibility index (Phi) is 3.86. The van der Waals surface area contributed by atoms with Crippen LogP contribution in [0.3, 0.4) is 0 Å². The lowest BCUT2D eigenvalue weighted by Gasteiger charge is -2.35. The van der Waals surface area contributed by atoms with Crippen molar-refractivity contribution in [1.82, 2.24) is 4.90 Å². The van der Waals surface area contributed by atoms with Crippen molar-refractivity contribution in [1.29, 1.82) is 0 Å². The molecule has 2 fully saturated rings. The van der Waals surface area contributed by atoms with Gasteiger partial charge in [0, 0.05) is 24.4 Å². The van der Waals surface area contributed by atoms with Gasteiger partial charge in [-0.3, -0.25) is 4.79 Å². The van der Waals surface area contributed by atoms with Gasteiger partial charge in [-0.2, -0.15) is 0 Å². The maximum Gasteiger partial charge on any atom is 0.337 e. The zero-order valence-electron chi connectivity index (χ0n) is 14.3. The molecule has 1 aromatic carbocycles. The number of carbonyl (C=O) groups is 2. The first kappa shape index (κ1) is 15.7. The van der Waals surface area contributed by atoms with Gasteiger partial charge in [0.25, 0.3) is 0 Å². The van der Waals surface area contributed by atoms with Crippen LogP contribution in [-0.4, -0.2) is 36.5 Å². The van der Waals surface area contributed by atoms with Gasteiger partial charge in [0.05, 0.1) is 12.7 Å². The number of likely N-dealkylation sites (tertiary alicyclic amines) is 1. The summed E-state index contributed by atoms with van der Waals surface area (Å²) in [5.74, 6) is 0.0574. The van der Waals surface area contributed by atoms with E-state index in [1.807, 2.05) is 12.1 Å². The average Bonchev–Trinajstić information content (AvgIpc) is 3.21. The Labute approximate surface area is 143 Å². The summed E-state index contributed by atoms with van der Waals surface area (Å²) in [6.07, 6.45) is 8.51. The number of methoxy groups -OCH3 is 1. The topological polar surface area (TPSA) is 46.6 Å². The van der Waals surface area contributed by atoms with Crippen LogP contribution in [0.25, 0.3) is 0 Å². The van der Waals surface area contributed by atoms with Crippen LogP contribution in [0.4, 0.5) is 0 Å². The van der Waals surface area contributed by atoms with E-state index in [2.05, 4.69) is 11.0 Å². The highest BCUT2D eigenvalue weighted by molar-refractivity contribution is 5.89. The van der Waals surface area contributed by atoms with Crippen molar-refractivity contribution in [2.75, 3.05) is 13.7 Å². The summed E-state index contributed by atoms with van der Waals surface area (Å²) in [6, 6.07) is 6.36. The normalized spacial score (nSPS) is 26.9. The highest BCUT2D eigenvalue weighted by atomic mass is 16.5. The Balaban J connectivity index is 1.57. The van der Waals surface area contributed by atoms with E-state index in [9.17, 15) is 9.59 Å². The Morgan fingerprint density at radius 1 is 1.21 bits per heavy atom. The Morgan fingerprint density at radius 2 is 2.00 bits per heavy atom. The van der Waals surface area contributed by atoms with Crippen LogP contribution in [0, 0.1) is 5.41 Å². The van der Waals surface area contributed by atoms with Gasteiger partial charge < -0.3 is 9.64 Å². The number of ether oxygens (including phenoxy) is 1. The van der Waals surface area contributed by atoms with E-state index in [1.54, 1.807) is 0 Å². The van der Waals surface area contributed by atoms with E-state index in [0.29, 0.717) is 23.9 Å².